The Hall–Kier alpha value is -1.00. The van der Waals surface area contributed by atoms with Gasteiger partial charge in [0.2, 0.25) is 0 Å². The molecule has 106 valence electrons. The summed E-state index contributed by atoms with van der Waals surface area (Å²) >= 11 is 0. The third-order valence-electron chi connectivity index (χ3n) is 3.61. The predicted octanol–water partition coefficient (Wildman–Crippen LogP) is 2.64. The van der Waals surface area contributed by atoms with Gasteiger partial charge in [-0.2, -0.15) is 0 Å². The highest BCUT2D eigenvalue weighted by Crippen LogP contribution is 2.26. The van der Waals surface area contributed by atoms with E-state index >= 15 is 0 Å². The van der Waals surface area contributed by atoms with Crippen molar-refractivity contribution in [3.63, 3.8) is 0 Å². The smallest absolute Gasteiger partial charge is 0.270 e. The minimum atomic E-state index is -2.74. The first-order valence-electron chi connectivity index (χ1n) is 6.96. The molecule has 1 aromatic rings. The topological polar surface area (TPSA) is 15.3 Å². The number of nitrogens with one attached hydrogen (secondary N) is 1. The molecule has 19 heavy (non-hydrogen) atoms. The maximum absolute atomic E-state index is 13.1. The first-order chi connectivity index (χ1) is 9.05. The molecule has 0 unspecified atom stereocenters. The van der Waals surface area contributed by atoms with E-state index < -0.39 is 5.92 Å². The summed E-state index contributed by atoms with van der Waals surface area (Å²) in [5, 5.41) is 3.33. The number of piperazine rings is 1. The summed E-state index contributed by atoms with van der Waals surface area (Å²) < 4.78 is 26.1. The highest BCUT2D eigenvalue weighted by Gasteiger charge is 2.23. The number of hydrogen-bond donors (Lipinski definition) is 1. The summed E-state index contributed by atoms with van der Waals surface area (Å²) in [6.07, 6.45) is 2.04. The lowest BCUT2D eigenvalue weighted by atomic mass is 10.0. The van der Waals surface area contributed by atoms with Crippen LogP contribution in [0.15, 0.2) is 24.3 Å². The van der Waals surface area contributed by atoms with Gasteiger partial charge in [-0.25, -0.2) is 8.78 Å². The van der Waals surface area contributed by atoms with Gasteiger partial charge in [0.25, 0.3) is 5.92 Å². The zero-order chi connectivity index (χ0) is 13.7. The second-order valence-electron chi connectivity index (χ2n) is 5.28. The molecule has 1 heterocycles. The largest absolute Gasteiger partial charge is 0.314 e. The van der Waals surface area contributed by atoms with Crippen LogP contribution in [0.25, 0.3) is 0 Å². The SMILES string of the molecule is CC(F)(F)c1ccc(CCCN2CCNCC2)cc1. The van der Waals surface area contributed by atoms with Gasteiger partial charge in [-0.3, -0.25) is 0 Å². The van der Waals surface area contributed by atoms with Crippen molar-refractivity contribution < 1.29 is 8.78 Å². The van der Waals surface area contributed by atoms with Gasteiger partial charge >= 0.3 is 0 Å². The van der Waals surface area contributed by atoms with E-state index in [1.54, 1.807) is 12.1 Å². The summed E-state index contributed by atoms with van der Waals surface area (Å²) in [5.74, 6) is -2.74. The van der Waals surface area contributed by atoms with Crippen LogP contribution in [0, 0.1) is 0 Å². The molecule has 0 amide bonds. The van der Waals surface area contributed by atoms with E-state index in [1.165, 1.54) is 0 Å². The van der Waals surface area contributed by atoms with Crippen LogP contribution in [0.5, 0.6) is 0 Å². The third-order valence-corrected chi connectivity index (χ3v) is 3.61. The molecule has 1 fully saturated rings. The molecular weight excluding hydrogens is 246 g/mol. The summed E-state index contributed by atoms with van der Waals surface area (Å²) in [4.78, 5) is 2.45. The number of benzene rings is 1. The lowest BCUT2D eigenvalue weighted by Crippen LogP contribution is -2.43. The van der Waals surface area contributed by atoms with Crippen LogP contribution in [0.1, 0.15) is 24.5 Å². The Labute approximate surface area is 113 Å². The third kappa shape index (κ3) is 4.55. The van der Waals surface area contributed by atoms with Gasteiger partial charge in [0.05, 0.1) is 0 Å². The monoisotopic (exact) mass is 268 g/mol. The maximum Gasteiger partial charge on any atom is 0.270 e. The van der Waals surface area contributed by atoms with Gasteiger partial charge in [0, 0.05) is 38.7 Å². The van der Waals surface area contributed by atoms with Crippen molar-refractivity contribution in [3.05, 3.63) is 35.4 Å². The minimum absolute atomic E-state index is 0.0957. The number of rotatable bonds is 5. The number of hydrogen-bond acceptors (Lipinski definition) is 2. The normalized spacial score (nSPS) is 17.6. The molecule has 1 aliphatic rings. The molecule has 1 aliphatic heterocycles. The Kier molecular flexibility index (Phi) is 4.88. The molecule has 0 atom stereocenters. The first-order valence-corrected chi connectivity index (χ1v) is 6.96. The van der Waals surface area contributed by atoms with Crippen LogP contribution in [0.4, 0.5) is 8.78 Å². The van der Waals surface area contributed by atoms with Gasteiger partial charge in [0.1, 0.15) is 0 Å². The van der Waals surface area contributed by atoms with E-state index in [4.69, 9.17) is 0 Å². The highest BCUT2D eigenvalue weighted by atomic mass is 19.3. The van der Waals surface area contributed by atoms with Gasteiger partial charge in [0.15, 0.2) is 0 Å². The number of halogens is 2. The zero-order valence-electron chi connectivity index (χ0n) is 11.5. The van der Waals surface area contributed by atoms with Crippen molar-refractivity contribution in [2.24, 2.45) is 0 Å². The summed E-state index contributed by atoms with van der Waals surface area (Å²) in [6.45, 7) is 6.39. The quantitative estimate of drug-likeness (QED) is 0.883. The van der Waals surface area contributed by atoms with Crippen LogP contribution < -0.4 is 5.32 Å². The van der Waals surface area contributed by atoms with Gasteiger partial charge in [-0.1, -0.05) is 24.3 Å². The van der Waals surface area contributed by atoms with Crippen LogP contribution in [0.2, 0.25) is 0 Å². The molecule has 1 aromatic carbocycles. The average Bonchev–Trinajstić information content (AvgIpc) is 2.39. The fourth-order valence-corrected chi connectivity index (χ4v) is 2.41. The maximum atomic E-state index is 13.1. The second-order valence-corrected chi connectivity index (χ2v) is 5.28. The van der Waals surface area contributed by atoms with Gasteiger partial charge in [-0.05, 0) is 24.9 Å². The average molecular weight is 268 g/mol. The Morgan fingerprint density at radius 3 is 2.37 bits per heavy atom. The Balaban J connectivity index is 1.76. The Morgan fingerprint density at radius 1 is 1.16 bits per heavy atom. The fourth-order valence-electron chi connectivity index (χ4n) is 2.41. The number of nitrogens with zero attached hydrogens (tertiary/aromatic N) is 1. The molecule has 1 N–H and O–H groups in total. The molecule has 0 bridgehead atoms. The number of alkyl halides is 2. The second kappa shape index (κ2) is 6.44. The highest BCUT2D eigenvalue weighted by molar-refractivity contribution is 5.25. The molecule has 0 radical (unpaired) electrons. The standard InChI is InChI=1S/C15H22F2N2/c1-15(16,17)14-6-4-13(5-7-14)3-2-10-19-11-8-18-9-12-19/h4-7,18H,2-3,8-12H2,1H3. The molecule has 0 aliphatic carbocycles. The molecule has 1 saturated heterocycles. The Bertz CT molecular complexity index is 378. The van der Waals surface area contributed by atoms with Crippen molar-refractivity contribution in [3.8, 4) is 0 Å². The van der Waals surface area contributed by atoms with Crippen LogP contribution >= 0.6 is 0 Å². The van der Waals surface area contributed by atoms with Crippen LogP contribution in [-0.4, -0.2) is 37.6 Å². The van der Waals surface area contributed by atoms with Crippen LogP contribution in [0.3, 0.4) is 0 Å². The van der Waals surface area contributed by atoms with Crippen molar-refractivity contribution in [2.45, 2.75) is 25.7 Å². The fraction of sp³-hybridized carbons (Fsp3) is 0.600. The molecule has 2 rings (SSSR count). The Morgan fingerprint density at radius 2 is 1.79 bits per heavy atom. The van der Waals surface area contributed by atoms with E-state index in [0.717, 1.165) is 58.1 Å². The van der Waals surface area contributed by atoms with Gasteiger partial charge in [-0.15, -0.1) is 0 Å². The number of aryl methyl sites for hydroxylation is 1. The van der Waals surface area contributed by atoms with Gasteiger partial charge < -0.3 is 10.2 Å². The zero-order valence-corrected chi connectivity index (χ0v) is 11.5. The molecular formula is C15H22F2N2. The molecule has 0 aromatic heterocycles. The molecule has 0 saturated carbocycles. The van der Waals surface area contributed by atoms with E-state index in [1.807, 2.05) is 12.1 Å². The van der Waals surface area contributed by atoms with E-state index in [0.29, 0.717) is 0 Å². The lowest BCUT2D eigenvalue weighted by Gasteiger charge is -2.27. The summed E-state index contributed by atoms with van der Waals surface area (Å²) in [5.41, 5.74) is 1.24. The predicted molar refractivity (Wildman–Crippen MR) is 73.6 cm³/mol. The van der Waals surface area contributed by atoms with E-state index in [-0.39, 0.29) is 5.56 Å². The molecule has 4 heteroatoms. The van der Waals surface area contributed by atoms with Crippen molar-refractivity contribution in [1.29, 1.82) is 0 Å². The lowest BCUT2D eigenvalue weighted by molar-refractivity contribution is 0.0174. The van der Waals surface area contributed by atoms with Crippen molar-refractivity contribution in [1.82, 2.24) is 10.2 Å². The summed E-state index contributed by atoms with van der Waals surface area (Å²) in [7, 11) is 0. The van der Waals surface area contributed by atoms with E-state index in [2.05, 4.69) is 10.2 Å². The van der Waals surface area contributed by atoms with Crippen molar-refractivity contribution in [2.75, 3.05) is 32.7 Å². The van der Waals surface area contributed by atoms with Crippen molar-refractivity contribution >= 4 is 0 Å². The molecule has 2 nitrogen and oxygen atoms in total. The van der Waals surface area contributed by atoms with E-state index in [9.17, 15) is 8.78 Å². The minimum Gasteiger partial charge on any atom is -0.314 e. The first kappa shape index (κ1) is 14.4. The summed E-state index contributed by atoms with van der Waals surface area (Å²) in [6, 6.07) is 6.73. The van der Waals surface area contributed by atoms with Crippen LogP contribution in [-0.2, 0) is 12.3 Å². The molecule has 0 spiro atoms.